The Balaban J connectivity index is 2.21. The number of carbonyl (C=O) groups is 1. The molecule has 3 rings (SSSR count). The van der Waals surface area contributed by atoms with Crippen LogP contribution in [0, 0.1) is 0 Å². The van der Waals surface area contributed by atoms with Gasteiger partial charge in [0.15, 0.2) is 0 Å². The molecule has 0 spiro atoms. The molecule has 1 aromatic carbocycles. The number of hydrogen-bond acceptors (Lipinski definition) is 2. The minimum absolute atomic E-state index is 0.596. The van der Waals surface area contributed by atoms with Crippen LogP contribution in [0.15, 0.2) is 28.9 Å². The molecule has 0 amide bonds. The van der Waals surface area contributed by atoms with Gasteiger partial charge >= 0.3 is 5.97 Å². The highest BCUT2D eigenvalue weighted by Gasteiger charge is 2.44. The highest BCUT2D eigenvalue weighted by Crippen LogP contribution is 2.44. The van der Waals surface area contributed by atoms with Crippen LogP contribution in [-0.2, 0) is 10.2 Å². The number of furan rings is 1. The summed E-state index contributed by atoms with van der Waals surface area (Å²) < 4.78 is 5.47. The van der Waals surface area contributed by atoms with E-state index in [0.717, 1.165) is 23.8 Å². The van der Waals surface area contributed by atoms with Crippen LogP contribution >= 0.6 is 11.6 Å². The summed E-state index contributed by atoms with van der Waals surface area (Å²) in [5, 5.41) is 11.0. The van der Waals surface area contributed by atoms with Crippen molar-refractivity contribution in [2.24, 2.45) is 0 Å². The second-order valence-corrected chi connectivity index (χ2v) is 5.32. The first kappa shape index (κ1) is 11.6. The van der Waals surface area contributed by atoms with Crippen LogP contribution in [0.25, 0.3) is 11.0 Å². The van der Waals surface area contributed by atoms with E-state index in [0.29, 0.717) is 23.4 Å². The van der Waals surface area contributed by atoms with Gasteiger partial charge in [-0.3, -0.25) is 4.79 Å². The summed E-state index contributed by atoms with van der Waals surface area (Å²) >= 11 is 5.91. The first-order chi connectivity index (χ1) is 8.63. The lowest BCUT2D eigenvalue weighted by Gasteiger charge is -2.22. The Labute approximate surface area is 109 Å². The van der Waals surface area contributed by atoms with Gasteiger partial charge in [0.05, 0.1) is 11.7 Å². The van der Waals surface area contributed by atoms with Gasteiger partial charge in [0.2, 0.25) is 0 Å². The van der Waals surface area contributed by atoms with Crippen molar-refractivity contribution in [2.75, 3.05) is 0 Å². The van der Waals surface area contributed by atoms with Crippen molar-refractivity contribution in [2.45, 2.75) is 31.1 Å². The van der Waals surface area contributed by atoms with Crippen LogP contribution in [0.5, 0.6) is 0 Å². The van der Waals surface area contributed by atoms with Gasteiger partial charge < -0.3 is 9.52 Å². The lowest BCUT2D eigenvalue weighted by molar-refractivity contribution is -0.143. The Bertz CT molecular complexity index is 609. The minimum Gasteiger partial charge on any atom is -0.481 e. The quantitative estimate of drug-likeness (QED) is 0.892. The Kier molecular flexibility index (Phi) is 2.59. The van der Waals surface area contributed by atoms with Crippen molar-refractivity contribution in [3.8, 4) is 0 Å². The van der Waals surface area contributed by atoms with Gasteiger partial charge in [-0.15, -0.1) is 0 Å². The van der Waals surface area contributed by atoms with Gasteiger partial charge in [0.1, 0.15) is 5.58 Å². The maximum Gasteiger partial charge on any atom is 0.314 e. The zero-order valence-electron chi connectivity index (χ0n) is 9.78. The van der Waals surface area contributed by atoms with Gasteiger partial charge in [0, 0.05) is 16.0 Å². The molecule has 0 unspecified atom stereocenters. The molecule has 0 bridgehead atoms. The fourth-order valence-electron chi connectivity index (χ4n) is 2.95. The molecule has 3 nitrogen and oxygen atoms in total. The highest BCUT2D eigenvalue weighted by atomic mass is 35.5. The number of rotatable bonds is 2. The van der Waals surface area contributed by atoms with E-state index < -0.39 is 11.4 Å². The van der Waals surface area contributed by atoms with Crippen molar-refractivity contribution < 1.29 is 14.3 Å². The minimum atomic E-state index is -0.779. The molecule has 2 aromatic rings. The Hall–Kier alpha value is -1.48. The van der Waals surface area contributed by atoms with Gasteiger partial charge in [-0.05, 0) is 31.0 Å². The smallest absolute Gasteiger partial charge is 0.314 e. The van der Waals surface area contributed by atoms with Crippen molar-refractivity contribution in [1.82, 2.24) is 0 Å². The van der Waals surface area contributed by atoms with Crippen molar-refractivity contribution in [3.63, 3.8) is 0 Å². The summed E-state index contributed by atoms with van der Waals surface area (Å²) in [7, 11) is 0. The standard InChI is InChI=1S/C14H13ClO3/c15-9-3-4-10-11(8-18-12(10)7-9)14(13(16)17)5-1-2-6-14/h3-4,7-8H,1-2,5-6H2,(H,16,17). The molecule has 0 saturated heterocycles. The second kappa shape index (κ2) is 4.02. The largest absolute Gasteiger partial charge is 0.481 e. The maximum absolute atomic E-state index is 11.7. The number of benzene rings is 1. The third-order valence-electron chi connectivity index (χ3n) is 3.92. The fraction of sp³-hybridized carbons (Fsp3) is 0.357. The average molecular weight is 265 g/mol. The molecule has 1 aliphatic rings. The lowest BCUT2D eigenvalue weighted by atomic mass is 9.79. The molecule has 1 heterocycles. The molecule has 1 fully saturated rings. The Morgan fingerprint density at radius 1 is 1.33 bits per heavy atom. The number of aliphatic carboxylic acids is 1. The summed E-state index contributed by atoms with van der Waals surface area (Å²) in [4.78, 5) is 11.7. The summed E-state index contributed by atoms with van der Waals surface area (Å²) in [5.41, 5.74) is 0.670. The van der Waals surface area contributed by atoms with Crippen LogP contribution in [-0.4, -0.2) is 11.1 Å². The number of halogens is 1. The van der Waals surface area contributed by atoms with Crippen LogP contribution in [0.1, 0.15) is 31.2 Å². The van der Waals surface area contributed by atoms with Crippen LogP contribution < -0.4 is 0 Å². The predicted molar refractivity (Wildman–Crippen MR) is 69.0 cm³/mol. The SMILES string of the molecule is O=C(O)C1(c2coc3cc(Cl)ccc23)CCCC1. The van der Waals surface area contributed by atoms with E-state index in [1.807, 2.05) is 6.07 Å². The lowest BCUT2D eigenvalue weighted by Crippen LogP contribution is -2.32. The normalized spacial score (nSPS) is 18.3. The molecule has 4 heteroatoms. The van der Waals surface area contributed by atoms with E-state index >= 15 is 0 Å². The maximum atomic E-state index is 11.7. The van der Waals surface area contributed by atoms with E-state index in [2.05, 4.69) is 0 Å². The van der Waals surface area contributed by atoms with Crippen molar-refractivity contribution in [1.29, 1.82) is 0 Å². The molecule has 0 radical (unpaired) electrons. The highest BCUT2D eigenvalue weighted by molar-refractivity contribution is 6.31. The number of carboxylic acids is 1. The topological polar surface area (TPSA) is 50.4 Å². The molecule has 94 valence electrons. The molecule has 0 atom stereocenters. The summed E-state index contributed by atoms with van der Waals surface area (Å²) in [6.07, 6.45) is 4.85. The third kappa shape index (κ3) is 1.54. The number of fused-ring (bicyclic) bond motifs is 1. The fourth-order valence-corrected chi connectivity index (χ4v) is 3.11. The van der Waals surface area contributed by atoms with Gasteiger partial charge in [0.25, 0.3) is 0 Å². The first-order valence-corrected chi connectivity index (χ1v) is 6.42. The first-order valence-electron chi connectivity index (χ1n) is 6.04. The van der Waals surface area contributed by atoms with Gasteiger partial charge in [-0.2, -0.15) is 0 Å². The monoisotopic (exact) mass is 264 g/mol. The molecule has 1 aliphatic carbocycles. The van der Waals surface area contributed by atoms with Crippen molar-refractivity contribution >= 4 is 28.5 Å². The second-order valence-electron chi connectivity index (χ2n) is 4.88. The number of hydrogen-bond donors (Lipinski definition) is 1. The van der Waals surface area contributed by atoms with Gasteiger partial charge in [-0.1, -0.05) is 24.4 Å². The Morgan fingerprint density at radius 2 is 2.06 bits per heavy atom. The molecular formula is C14H13ClO3. The molecular weight excluding hydrogens is 252 g/mol. The number of carboxylic acid groups (broad SMARTS) is 1. The van der Waals surface area contributed by atoms with Gasteiger partial charge in [-0.25, -0.2) is 0 Å². The average Bonchev–Trinajstić information content (AvgIpc) is 2.93. The zero-order chi connectivity index (χ0) is 12.8. The predicted octanol–water partition coefficient (Wildman–Crippen LogP) is 3.98. The summed E-state index contributed by atoms with van der Waals surface area (Å²) in [5.74, 6) is -0.752. The van der Waals surface area contributed by atoms with Crippen molar-refractivity contribution in [3.05, 3.63) is 35.0 Å². The molecule has 0 aliphatic heterocycles. The van der Waals surface area contributed by atoms with Crippen LogP contribution in [0.3, 0.4) is 0 Å². The molecule has 1 N–H and O–H groups in total. The van der Waals surface area contributed by atoms with E-state index in [9.17, 15) is 9.90 Å². The summed E-state index contributed by atoms with van der Waals surface area (Å²) in [6.45, 7) is 0. The molecule has 1 aromatic heterocycles. The Morgan fingerprint density at radius 3 is 2.72 bits per heavy atom. The van der Waals surface area contributed by atoms with E-state index in [-0.39, 0.29) is 0 Å². The molecule has 18 heavy (non-hydrogen) atoms. The van der Waals surface area contributed by atoms with E-state index in [1.54, 1.807) is 18.4 Å². The summed E-state index contributed by atoms with van der Waals surface area (Å²) in [6, 6.07) is 5.35. The molecule has 1 saturated carbocycles. The van der Waals surface area contributed by atoms with Crippen LogP contribution in [0.4, 0.5) is 0 Å². The van der Waals surface area contributed by atoms with E-state index in [4.69, 9.17) is 16.0 Å². The zero-order valence-corrected chi connectivity index (χ0v) is 10.5. The van der Waals surface area contributed by atoms with Crippen LogP contribution in [0.2, 0.25) is 5.02 Å². The van der Waals surface area contributed by atoms with E-state index in [1.165, 1.54) is 0 Å². The third-order valence-corrected chi connectivity index (χ3v) is 4.15.